The number of hydrogen-bond acceptors (Lipinski definition) is 4. The van der Waals surface area contributed by atoms with E-state index in [1.165, 1.54) is 12.0 Å². The van der Waals surface area contributed by atoms with Crippen LogP contribution < -0.4 is 0 Å². The minimum absolute atomic E-state index is 0.0783. The molecule has 5 heteroatoms. The molecule has 1 atom stereocenters. The summed E-state index contributed by atoms with van der Waals surface area (Å²) in [6.07, 6.45) is 0.246. The van der Waals surface area contributed by atoms with Crippen LogP contribution in [0.25, 0.3) is 0 Å². The third-order valence-electron chi connectivity index (χ3n) is 3.02. The van der Waals surface area contributed by atoms with E-state index in [-0.39, 0.29) is 24.2 Å². The van der Waals surface area contributed by atoms with Crippen LogP contribution in [0.4, 0.5) is 0 Å². The van der Waals surface area contributed by atoms with E-state index in [9.17, 15) is 9.59 Å². The first-order chi connectivity index (χ1) is 9.47. The van der Waals surface area contributed by atoms with Crippen LogP contribution in [0.2, 0.25) is 0 Å². The fourth-order valence-electron chi connectivity index (χ4n) is 1.80. The number of ether oxygens (including phenoxy) is 1. The van der Waals surface area contributed by atoms with Crippen molar-refractivity contribution in [3.63, 3.8) is 0 Å². The smallest absolute Gasteiger partial charge is 0.310 e. The topological polar surface area (TPSA) is 70.4 Å². The van der Waals surface area contributed by atoms with Crippen LogP contribution in [-0.4, -0.2) is 37.5 Å². The minimum Gasteiger partial charge on any atom is -0.469 e. The fraction of sp³-hybridized carbons (Fsp3) is 0.400. The Bertz CT molecular complexity index is 517. The van der Waals surface area contributed by atoms with Gasteiger partial charge in [0.1, 0.15) is 0 Å². The van der Waals surface area contributed by atoms with Gasteiger partial charge >= 0.3 is 5.97 Å². The number of hydrogen-bond donors (Lipinski definition) is 0. The summed E-state index contributed by atoms with van der Waals surface area (Å²) in [6, 6.07) is 8.90. The van der Waals surface area contributed by atoms with E-state index >= 15 is 0 Å². The molecule has 0 aliphatic carbocycles. The van der Waals surface area contributed by atoms with Crippen molar-refractivity contribution >= 4 is 11.9 Å². The van der Waals surface area contributed by atoms with Crippen LogP contribution in [0.5, 0.6) is 0 Å². The van der Waals surface area contributed by atoms with Crippen molar-refractivity contribution in [1.82, 2.24) is 4.90 Å². The van der Waals surface area contributed by atoms with E-state index in [1.54, 1.807) is 38.2 Å². The predicted octanol–water partition coefficient (Wildman–Crippen LogP) is 1.37. The Morgan fingerprint density at radius 1 is 1.35 bits per heavy atom. The van der Waals surface area contributed by atoms with Gasteiger partial charge in [-0.1, -0.05) is 19.1 Å². The molecule has 106 valence electrons. The molecular formula is C15H18N2O3. The molecule has 1 unspecified atom stereocenters. The first-order valence-electron chi connectivity index (χ1n) is 6.28. The van der Waals surface area contributed by atoms with E-state index in [0.717, 1.165) is 5.56 Å². The van der Waals surface area contributed by atoms with Gasteiger partial charge in [-0.2, -0.15) is 5.26 Å². The molecule has 0 saturated heterocycles. The zero-order chi connectivity index (χ0) is 15.1. The monoisotopic (exact) mass is 274 g/mol. The summed E-state index contributed by atoms with van der Waals surface area (Å²) >= 11 is 0. The van der Waals surface area contributed by atoms with E-state index < -0.39 is 0 Å². The third kappa shape index (κ3) is 4.39. The average molecular weight is 274 g/mol. The molecule has 1 amide bonds. The number of esters is 1. The highest BCUT2D eigenvalue weighted by atomic mass is 16.5. The second-order valence-electron chi connectivity index (χ2n) is 4.68. The normalized spacial score (nSPS) is 11.3. The summed E-state index contributed by atoms with van der Waals surface area (Å²) in [4.78, 5) is 24.8. The molecule has 0 heterocycles. The lowest BCUT2D eigenvalue weighted by Gasteiger charge is -2.20. The molecule has 1 rings (SSSR count). The van der Waals surface area contributed by atoms with Crippen molar-refractivity contribution in [3.8, 4) is 6.07 Å². The minimum atomic E-state index is -0.352. The second kappa shape index (κ2) is 7.29. The van der Waals surface area contributed by atoms with E-state index in [2.05, 4.69) is 4.74 Å². The van der Waals surface area contributed by atoms with Gasteiger partial charge in [0.2, 0.25) is 5.91 Å². The molecule has 0 N–H and O–H groups in total. The van der Waals surface area contributed by atoms with Crippen LogP contribution >= 0.6 is 0 Å². The third-order valence-corrected chi connectivity index (χ3v) is 3.02. The first-order valence-corrected chi connectivity index (χ1v) is 6.28. The van der Waals surface area contributed by atoms with Crippen LogP contribution in [0.1, 0.15) is 18.1 Å². The van der Waals surface area contributed by atoms with Gasteiger partial charge in [-0.15, -0.1) is 0 Å². The number of nitrogens with zero attached hydrogens (tertiary/aromatic N) is 2. The number of likely N-dealkylation sites (N-methyl/N-ethyl adjacent to an activating group) is 1. The van der Waals surface area contributed by atoms with Crippen molar-refractivity contribution in [1.29, 1.82) is 5.26 Å². The van der Waals surface area contributed by atoms with Crippen molar-refractivity contribution in [2.24, 2.45) is 5.92 Å². The first kappa shape index (κ1) is 15.7. The van der Waals surface area contributed by atoms with Gasteiger partial charge in [0, 0.05) is 13.6 Å². The van der Waals surface area contributed by atoms with Gasteiger partial charge in [-0.05, 0) is 17.7 Å². The van der Waals surface area contributed by atoms with Gasteiger partial charge in [-0.25, -0.2) is 0 Å². The Morgan fingerprint density at radius 2 is 1.95 bits per heavy atom. The van der Waals surface area contributed by atoms with Gasteiger partial charge < -0.3 is 9.64 Å². The lowest BCUT2D eigenvalue weighted by atomic mass is 10.1. The number of methoxy groups -OCH3 is 1. The Balaban J connectivity index is 2.57. The van der Waals surface area contributed by atoms with Crippen LogP contribution in [0.3, 0.4) is 0 Å². The van der Waals surface area contributed by atoms with Crippen LogP contribution in [0, 0.1) is 17.2 Å². The van der Waals surface area contributed by atoms with Crippen molar-refractivity contribution in [3.05, 3.63) is 35.4 Å². The Labute approximate surface area is 118 Å². The van der Waals surface area contributed by atoms with Gasteiger partial charge in [0.25, 0.3) is 0 Å². The summed E-state index contributed by atoms with van der Waals surface area (Å²) in [5.41, 5.74) is 1.40. The Kier molecular flexibility index (Phi) is 5.73. The van der Waals surface area contributed by atoms with Crippen LogP contribution in [-0.2, 0) is 20.7 Å². The molecule has 20 heavy (non-hydrogen) atoms. The SMILES string of the molecule is COC(=O)C(C)CN(C)C(=O)Cc1ccc(C#N)cc1. The van der Waals surface area contributed by atoms with Crippen molar-refractivity contribution < 1.29 is 14.3 Å². The molecule has 0 bridgehead atoms. The molecule has 0 radical (unpaired) electrons. The highest BCUT2D eigenvalue weighted by Gasteiger charge is 2.18. The lowest BCUT2D eigenvalue weighted by molar-refractivity contribution is -0.146. The van der Waals surface area contributed by atoms with E-state index in [1.807, 2.05) is 6.07 Å². The van der Waals surface area contributed by atoms with Gasteiger partial charge in [0.15, 0.2) is 0 Å². The summed E-state index contributed by atoms with van der Waals surface area (Å²) in [7, 11) is 2.99. The molecule has 0 fully saturated rings. The van der Waals surface area contributed by atoms with Crippen molar-refractivity contribution in [2.45, 2.75) is 13.3 Å². The molecule has 0 aliphatic heterocycles. The quantitative estimate of drug-likeness (QED) is 0.760. The summed E-state index contributed by atoms with van der Waals surface area (Å²) < 4.78 is 4.63. The van der Waals surface area contributed by atoms with Gasteiger partial charge in [-0.3, -0.25) is 9.59 Å². The maximum atomic E-state index is 12.0. The largest absolute Gasteiger partial charge is 0.469 e. The zero-order valence-electron chi connectivity index (χ0n) is 11.9. The Morgan fingerprint density at radius 3 is 2.45 bits per heavy atom. The summed E-state index contributed by atoms with van der Waals surface area (Å²) in [5.74, 6) is -0.761. The highest BCUT2D eigenvalue weighted by molar-refractivity contribution is 5.79. The number of carbonyl (C=O) groups is 2. The molecule has 1 aromatic carbocycles. The predicted molar refractivity (Wildman–Crippen MR) is 73.7 cm³/mol. The molecule has 0 aromatic heterocycles. The zero-order valence-corrected chi connectivity index (χ0v) is 11.9. The van der Waals surface area contributed by atoms with E-state index in [0.29, 0.717) is 12.1 Å². The maximum absolute atomic E-state index is 12.0. The standard InChI is InChI=1S/C15H18N2O3/c1-11(15(19)20-3)10-17(2)14(18)8-12-4-6-13(9-16)7-5-12/h4-7,11H,8,10H2,1-3H3. The summed E-state index contributed by atoms with van der Waals surface area (Å²) in [6.45, 7) is 2.04. The molecule has 0 spiro atoms. The number of amides is 1. The number of nitriles is 1. The number of benzene rings is 1. The molecule has 1 aromatic rings. The van der Waals surface area contributed by atoms with Crippen LogP contribution in [0.15, 0.2) is 24.3 Å². The molecular weight excluding hydrogens is 256 g/mol. The molecule has 0 saturated carbocycles. The van der Waals surface area contributed by atoms with Crippen molar-refractivity contribution in [2.75, 3.05) is 20.7 Å². The lowest BCUT2D eigenvalue weighted by Crippen LogP contribution is -2.35. The maximum Gasteiger partial charge on any atom is 0.310 e. The number of carbonyl (C=O) groups excluding carboxylic acids is 2. The Hall–Kier alpha value is -2.35. The van der Waals surface area contributed by atoms with E-state index in [4.69, 9.17) is 5.26 Å². The molecule has 0 aliphatic rings. The molecule has 5 nitrogen and oxygen atoms in total. The highest BCUT2D eigenvalue weighted by Crippen LogP contribution is 2.07. The summed E-state index contributed by atoms with van der Waals surface area (Å²) in [5, 5.41) is 8.70. The fourth-order valence-corrected chi connectivity index (χ4v) is 1.80. The number of rotatable bonds is 5. The van der Waals surface area contributed by atoms with Gasteiger partial charge in [0.05, 0.1) is 31.1 Å². The second-order valence-corrected chi connectivity index (χ2v) is 4.68. The average Bonchev–Trinajstić information content (AvgIpc) is 2.46.